The van der Waals surface area contributed by atoms with E-state index in [2.05, 4.69) is 9.97 Å². The summed E-state index contributed by atoms with van der Waals surface area (Å²) in [5.74, 6) is -0.0627. The van der Waals surface area contributed by atoms with E-state index in [0.29, 0.717) is 11.7 Å². The highest BCUT2D eigenvalue weighted by Gasteiger charge is 2.30. The van der Waals surface area contributed by atoms with Crippen LogP contribution in [0.2, 0.25) is 0 Å². The Balaban J connectivity index is 1.73. The molecule has 6 nitrogen and oxygen atoms in total. The summed E-state index contributed by atoms with van der Waals surface area (Å²) in [5.41, 5.74) is 0.953. The van der Waals surface area contributed by atoms with Crippen molar-refractivity contribution in [2.75, 3.05) is 11.5 Å². The predicted molar refractivity (Wildman–Crippen MR) is 96.5 cm³/mol. The molecule has 2 aromatic rings. The number of sulfone groups is 1. The molecule has 2 heterocycles. The van der Waals surface area contributed by atoms with Crippen LogP contribution >= 0.6 is 11.8 Å². The first-order chi connectivity index (χ1) is 12.0. The van der Waals surface area contributed by atoms with Crippen molar-refractivity contribution >= 4 is 27.5 Å². The highest BCUT2D eigenvalue weighted by molar-refractivity contribution is 7.99. The number of amides is 1. The van der Waals surface area contributed by atoms with E-state index in [1.165, 1.54) is 17.2 Å². The van der Waals surface area contributed by atoms with Crippen molar-refractivity contribution in [3.05, 3.63) is 65.8 Å². The molecule has 0 saturated carbocycles. The largest absolute Gasteiger partial charge is 0.330 e. The van der Waals surface area contributed by atoms with E-state index in [1.807, 2.05) is 30.3 Å². The molecule has 1 aliphatic heterocycles. The predicted octanol–water partition coefficient (Wildman–Crippen LogP) is 1.91. The van der Waals surface area contributed by atoms with Gasteiger partial charge in [-0.1, -0.05) is 42.1 Å². The molecule has 0 spiro atoms. The minimum Gasteiger partial charge on any atom is -0.330 e. The monoisotopic (exact) mass is 375 g/mol. The maximum absolute atomic E-state index is 12.7. The first kappa shape index (κ1) is 17.6. The molecule has 0 N–H and O–H groups in total. The molecular weight excluding hydrogens is 358 g/mol. The van der Waals surface area contributed by atoms with Crippen LogP contribution in [0.4, 0.5) is 0 Å². The molecule has 1 amide bonds. The molecular formula is C17H17N3O3S2. The van der Waals surface area contributed by atoms with Crippen molar-refractivity contribution in [1.29, 1.82) is 0 Å². The Labute approximate surface area is 150 Å². The molecule has 0 radical (unpaired) electrons. The average molecular weight is 375 g/mol. The van der Waals surface area contributed by atoms with Crippen LogP contribution in [0.15, 0.2) is 65.4 Å². The lowest BCUT2D eigenvalue weighted by atomic mass is 10.2. The lowest BCUT2D eigenvalue weighted by molar-refractivity contribution is -0.130. The Morgan fingerprint density at radius 1 is 1.16 bits per heavy atom. The maximum Gasteiger partial charge on any atom is 0.233 e. The average Bonchev–Trinajstić information content (AvgIpc) is 2.99. The number of carbonyl (C=O) groups is 1. The number of nitrogens with zero attached hydrogens (tertiary/aromatic N) is 3. The molecule has 8 heteroatoms. The fraction of sp³-hybridized carbons (Fsp3) is 0.235. The third-order valence-electron chi connectivity index (χ3n) is 3.69. The van der Waals surface area contributed by atoms with Crippen LogP contribution in [0.25, 0.3) is 0 Å². The second-order valence-electron chi connectivity index (χ2n) is 5.55. The topological polar surface area (TPSA) is 80.2 Å². The number of aromatic nitrogens is 2. The zero-order valence-corrected chi connectivity index (χ0v) is 15.0. The molecule has 0 bridgehead atoms. The summed E-state index contributed by atoms with van der Waals surface area (Å²) >= 11 is 1.24. The van der Waals surface area contributed by atoms with Crippen molar-refractivity contribution in [3.8, 4) is 0 Å². The van der Waals surface area contributed by atoms with E-state index in [9.17, 15) is 13.2 Å². The Bertz CT molecular complexity index is 855. The summed E-state index contributed by atoms with van der Waals surface area (Å²) in [6.07, 6.45) is 4.82. The van der Waals surface area contributed by atoms with Gasteiger partial charge < -0.3 is 4.90 Å². The first-order valence-corrected chi connectivity index (χ1v) is 10.4. The molecule has 130 valence electrons. The zero-order valence-electron chi connectivity index (χ0n) is 13.4. The third kappa shape index (κ3) is 4.90. The van der Waals surface area contributed by atoms with Gasteiger partial charge in [0.1, 0.15) is 0 Å². The van der Waals surface area contributed by atoms with Gasteiger partial charge in [-0.15, -0.1) is 0 Å². The molecule has 1 aromatic carbocycles. The minimum absolute atomic E-state index is 0.0714. The van der Waals surface area contributed by atoms with Gasteiger partial charge in [0.25, 0.3) is 0 Å². The van der Waals surface area contributed by atoms with Gasteiger partial charge in [-0.3, -0.25) is 4.79 Å². The summed E-state index contributed by atoms with van der Waals surface area (Å²) in [7, 11) is -3.24. The number of hydrogen-bond acceptors (Lipinski definition) is 6. The molecule has 0 saturated heterocycles. The number of hydrogen-bond donors (Lipinski definition) is 0. The van der Waals surface area contributed by atoms with E-state index >= 15 is 0 Å². The van der Waals surface area contributed by atoms with Gasteiger partial charge in [0.05, 0.1) is 17.5 Å². The van der Waals surface area contributed by atoms with E-state index in [0.717, 1.165) is 5.56 Å². The van der Waals surface area contributed by atoms with Gasteiger partial charge in [0.15, 0.2) is 15.0 Å². The second kappa shape index (κ2) is 7.79. The Morgan fingerprint density at radius 2 is 1.88 bits per heavy atom. The van der Waals surface area contributed by atoms with Crippen LogP contribution in [-0.4, -0.2) is 46.7 Å². The smallest absolute Gasteiger partial charge is 0.233 e. The molecule has 0 fully saturated rings. The van der Waals surface area contributed by atoms with Crippen LogP contribution in [0, 0.1) is 0 Å². The van der Waals surface area contributed by atoms with Gasteiger partial charge in [-0.05, 0) is 17.7 Å². The van der Waals surface area contributed by atoms with Crippen molar-refractivity contribution in [2.45, 2.75) is 17.7 Å². The lowest BCUT2D eigenvalue weighted by Crippen LogP contribution is -2.41. The molecule has 1 atom stereocenters. The number of carbonyl (C=O) groups excluding carboxylic acids is 1. The van der Waals surface area contributed by atoms with Crippen LogP contribution in [-0.2, 0) is 21.2 Å². The molecule has 0 aliphatic carbocycles. The zero-order chi connectivity index (χ0) is 17.7. The van der Waals surface area contributed by atoms with Crippen LogP contribution in [0.3, 0.4) is 0 Å². The Hall–Kier alpha value is -2.19. The van der Waals surface area contributed by atoms with E-state index < -0.39 is 15.9 Å². The van der Waals surface area contributed by atoms with Gasteiger partial charge in [0, 0.05) is 24.3 Å². The summed E-state index contributed by atoms with van der Waals surface area (Å²) in [4.78, 5) is 22.5. The van der Waals surface area contributed by atoms with Crippen molar-refractivity contribution in [3.63, 3.8) is 0 Å². The number of benzene rings is 1. The van der Waals surface area contributed by atoms with Gasteiger partial charge >= 0.3 is 0 Å². The summed E-state index contributed by atoms with van der Waals surface area (Å²) in [5, 5.41) is 1.71. The fourth-order valence-corrected chi connectivity index (χ4v) is 4.48. The number of rotatable bonds is 6. The fourth-order valence-electron chi connectivity index (χ4n) is 2.49. The summed E-state index contributed by atoms with van der Waals surface area (Å²) in [6, 6.07) is 10.8. The maximum atomic E-state index is 12.7. The van der Waals surface area contributed by atoms with Gasteiger partial charge in [0.2, 0.25) is 5.91 Å². The standard InChI is InChI=1S/C17H17N3O3S2/c21-16(12-24-17-18-8-4-9-19-17)20(11-14-5-2-1-3-6-14)15-7-10-25(22,23)13-15/h1-10,15H,11-13H2/t15-/m1/s1. The SMILES string of the molecule is O=C(CSc1ncccn1)N(Cc1ccccc1)[C@@H]1C=CS(=O)(=O)C1. The van der Waals surface area contributed by atoms with E-state index in [4.69, 9.17) is 0 Å². The summed E-state index contributed by atoms with van der Waals surface area (Å²) < 4.78 is 23.5. The lowest BCUT2D eigenvalue weighted by Gasteiger charge is -2.27. The quantitative estimate of drug-likeness (QED) is 0.567. The van der Waals surface area contributed by atoms with Crippen molar-refractivity contribution in [1.82, 2.24) is 14.9 Å². The van der Waals surface area contributed by atoms with E-state index in [1.54, 1.807) is 29.4 Å². The molecule has 3 rings (SSSR count). The molecule has 25 heavy (non-hydrogen) atoms. The first-order valence-electron chi connectivity index (χ1n) is 7.68. The third-order valence-corrected chi connectivity index (χ3v) is 5.93. The van der Waals surface area contributed by atoms with Crippen LogP contribution in [0.1, 0.15) is 5.56 Å². The van der Waals surface area contributed by atoms with Crippen molar-refractivity contribution < 1.29 is 13.2 Å². The summed E-state index contributed by atoms with van der Waals surface area (Å²) in [6.45, 7) is 0.362. The van der Waals surface area contributed by atoms with Gasteiger partial charge in [-0.25, -0.2) is 18.4 Å². The minimum atomic E-state index is -3.24. The number of thioether (sulfide) groups is 1. The molecule has 1 aromatic heterocycles. The van der Waals surface area contributed by atoms with Crippen molar-refractivity contribution in [2.24, 2.45) is 0 Å². The highest BCUT2D eigenvalue weighted by Crippen LogP contribution is 2.20. The van der Waals surface area contributed by atoms with Crippen LogP contribution in [0.5, 0.6) is 0 Å². The highest BCUT2D eigenvalue weighted by atomic mass is 32.2. The van der Waals surface area contributed by atoms with E-state index in [-0.39, 0.29) is 17.4 Å². The Kier molecular flexibility index (Phi) is 5.50. The van der Waals surface area contributed by atoms with Crippen LogP contribution < -0.4 is 0 Å². The second-order valence-corrected chi connectivity index (χ2v) is 8.43. The normalized spacial score (nSPS) is 18.2. The molecule has 1 aliphatic rings. The van der Waals surface area contributed by atoms with Gasteiger partial charge in [-0.2, -0.15) is 0 Å². The molecule has 0 unspecified atom stereocenters. The Morgan fingerprint density at radius 3 is 2.52 bits per heavy atom.